The number of nitrogens with zero attached hydrogens (tertiary/aromatic N) is 2. The molecule has 0 saturated heterocycles. The minimum atomic E-state index is -0.237. The monoisotopic (exact) mass is 393 g/mol. The second-order valence-electron chi connectivity index (χ2n) is 6.72. The molecule has 1 atom stereocenters. The zero-order valence-electron chi connectivity index (χ0n) is 16.2. The Balaban J connectivity index is 2.26. The van der Waals surface area contributed by atoms with Crippen molar-refractivity contribution in [2.75, 3.05) is 11.5 Å². The molecule has 0 saturated carbocycles. The van der Waals surface area contributed by atoms with Crippen LogP contribution in [0.15, 0.2) is 24.3 Å². The second-order valence-corrected chi connectivity index (χ2v) is 7.72. The van der Waals surface area contributed by atoms with Crippen molar-refractivity contribution in [3.63, 3.8) is 0 Å². The maximum atomic E-state index is 12.7. The highest BCUT2D eigenvalue weighted by molar-refractivity contribution is 7.21. The number of nitriles is 1. The van der Waals surface area contributed by atoms with Crippen molar-refractivity contribution in [1.82, 2.24) is 10.3 Å². The van der Waals surface area contributed by atoms with Crippen molar-refractivity contribution >= 4 is 39.0 Å². The molecule has 3 rings (SSSR count). The van der Waals surface area contributed by atoms with Gasteiger partial charge in [0, 0.05) is 17.0 Å². The van der Waals surface area contributed by atoms with Gasteiger partial charge >= 0.3 is 0 Å². The van der Waals surface area contributed by atoms with Gasteiger partial charge in [0.2, 0.25) is 0 Å². The zero-order chi connectivity index (χ0) is 20.4. The van der Waals surface area contributed by atoms with Gasteiger partial charge < -0.3 is 16.8 Å². The largest absolute Gasteiger partial charge is 0.397 e. The van der Waals surface area contributed by atoms with Crippen LogP contribution in [0.2, 0.25) is 0 Å². The highest BCUT2D eigenvalue weighted by atomic mass is 32.1. The van der Waals surface area contributed by atoms with Crippen LogP contribution in [-0.2, 0) is 6.42 Å². The van der Waals surface area contributed by atoms with Crippen LogP contribution < -0.4 is 16.8 Å². The molecule has 2 aromatic heterocycles. The highest BCUT2D eigenvalue weighted by Gasteiger charge is 2.24. The third-order valence-electron chi connectivity index (χ3n) is 4.86. The van der Waals surface area contributed by atoms with E-state index < -0.39 is 0 Å². The van der Waals surface area contributed by atoms with Crippen LogP contribution >= 0.6 is 11.3 Å². The van der Waals surface area contributed by atoms with Gasteiger partial charge in [0.1, 0.15) is 27.2 Å². The van der Waals surface area contributed by atoms with E-state index in [1.54, 1.807) is 0 Å². The maximum Gasteiger partial charge on any atom is 0.263 e. The molecule has 144 valence electrons. The SMILES string of the molecule is CCc1ccc(-c2c(C#N)c(N)nc3sc(C(=O)NC(C)CC)c(N)c23)cc1. The molecule has 0 bridgehead atoms. The number of nitrogens with two attached hydrogens (primary N) is 2. The lowest BCUT2D eigenvalue weighted by atomic mass is 9.96. The number of pyridine rings is 1. The molecule has 5 N–H and O–H groups in total. The Morgan fingerprint density at radius 3 is 2.54 bits per heavy atom. The average Bonchev–Trinajstić information content (AvgIpc) is 3.02. The number of amides is 1. The van der Waals surface area contributed by atoms with E-state index in [0.717, 1.165) is 18.4 Å². The van der Waals surface area contributed by atoms with Crippen LogP contribution in [0.25, 0.3) is 21.3 Å². The van der Waals surface area contributed by atoms with Crippen LogP contribution in [0, 0.1) is 11.3 Å². The number of benzene rings is 1. The van der Waals surface area contributed by atoms with E-state index in [2.05, 4.69) is 23.3 Å². The van der Waals surface area contributed by atoms with Crippen molar-refractivity contribution in [1.29, 1.82) is 5.26 Å². The number of aromatic nitrogens is 1. The molecule has 0 radical (unpaired) electrons. The standard InChI is InChI=1S/C21H23N5OS/c1-4-11(3)25-20(27)18-17(23)16-15(13-8-6-12(5-2)7-9-13)14(10-22)19(24)26-21(16)28-18/h6-9,11H,4-5,23H2,1-3H3,(H2,24,26)(H,25,27). The fourth-order valence-electron chi connectivity index (χ4n) is 3.04. The van der Waals surface area contributed by atoms with Crippen molar-refractivity contribution < 1.29 is 4.79 Å². The maximum absolute atomic E-state index is 12.7. The molecular formula is C21H23N5OS. The van der Waals surface area contributed by atoms with Gasteiger partial charge in [0.05, 0.1) is 5.69 Å². The highest BCUT2D eigenvalue weighted by Crippen LogP contribution is 2.42. The smallest absolute Gasteiger partial charge is 0.263 e. The predicted octanol–water partition coefficient (Wildman–Crippen LogP) is 4.09. The summed E-state index contributed by atoms with van der Waals surface area (Å²) in [6.45, 7) is 6.02. The Hall–Kier alpha value is -3.11. The van der Waals surface area contributed by atoms with E-state index in [4.69, 9.17) is 11.5 Å². The van der Waals surface area contributed by atoms with Crippen molar-refractivity contribution in [3.8, 4) is 17.2 Å². The van der Waals surface area contributed by atoms with E-state index >= 15 is 0 Å². The summed E-state index contributed by atoms with van der Waals surface area (Å²) in [6, 6.07) is 10.1. The predicted molar refractivity (Wildman–Crippen MR) is 115 cm³/mol. The van der Waals surface area contributed by atoms with Crippen molar-refractivity contribution in [2.45, 2.75) is 39.7 Å². The first-order valence-electron chi connectivity index (χ1n) is 9.22. The number of nitrogens with one attached hydrogen (secondary N) is 1. The number of anilines is 2. The number of fused-ring (bicyclic) bond motifs is 1. The van der Waals surface area contributed by atoms with Gasteiger partial charge in [0.25, 0.3) is 5.91 Å². The summed E-state index contributed by atoms with van der Waals surface area (Å²) in [5.41, 5.74) is 15.7. The molecule has 3 aromatic rings. The van der Waals surface area contributed by atoms with E-state index in [0.29, 0.717) is 26.3 Å². The zero-order valence-corrected chi connectivity index (χ0v) is 17.0. The summed E-state index contributed by atoms with van der Waals surface area (Å²) in [5.74, 6) is -0.0982. The number of aryl methyl sites for hydroxylation is 1. The molecule has 1 unspecified atom stereocenters. The average molecular weight is 394 g/mol. The normalized spacial score (nSPS) is 11.9. The van der Waals surface area contributed by atoms with Gasteiger partial charge in [-0.05, 0) is 30.9 Å². The number of hydrogen-bond donors (Lipinski definition) is 3. The molecule has 0 aliphatic heterocycles. The number of carbonyl (C=O) groups is 1. The lowest BCUT2D eigenvalue weighted by molar-refractivity contribution is 0.0944. The molecule has 7 heteroatoms. The molecule has 1 amide bonds. The first-order valence-corrected chi connectivity index (χ1v) is 10.0. The van der Waals surface area contributed by atoms with Gasteiger partial charge in [-0.2, -0.15) is 5.26 Å². The Morgan fingerprint density at radius 2 is 1.96 bits per heavy atom. The molecule has 0 aliphatic carbocycles. The van der Waals surface area contributed by atoms with Crippen LogP contribution in [0.4, 0.5) is 11.5 Å². The van der Waals surface area contributed by atoms with E-state index in [9.17, 15) is 10.1 Å². The van der Waals surface area contributed by atoms with Crippen LogP contribution in [0.5, 0.6) is 0 Å². The third kappa shape index (κ3) is 3.39. The van der Waals surface area contributed by atoms with Crippen molar-refractivity contribution in [3.05, 3.63) is 40.3 Å². The number of hydrogen-bond acceptors (Lipinski definition) is 6. The first-order chi connectivity index (χ1) is 13.4. The minimum absolute atomic E-state index is 0.0332. The fraction of sp³-hybridized carbons (Fsp3) is 0.286. The van der Waals surface area contributed by atoms with E-state index in [-0.39, 0.29) is 23.3 Å². The number of rotatable bonds is 5. The number of thiophene rings is 1. The third-order valence-corrected chi connectivity index (χ3v) is 5.96. The van der Waals surface area contributed by atoms with Gasteiger partial charge in [-0.15, -0.1) is 11.3 Å². The Kier molecular flexibility index (Phi) is 5.52. The quantitative estimate of drug-likeness (QED) is 0.603. The Bertz CT molecular complexity index is 1080. The summed E-state index contributed by atoms with van der Waals surface area (Å²) < 4.78 is 0. The fourth-order valence-corrected chi connectivity index (χ4v) is 4.05. The molecule has 0 fully saturated rings. The Labute approximate surface area is 168 Å². The van der Waals surface area contributed by atoms with Gasteiger partial charge in [0.15, 0.2) is 0 Å². The minimum Gasteiger partial charge on any atom is -0.397 e. The molecule has 28 heavy (non-hydrogen) atoms. The van der Waals surface area contributed by atoms with Crippen LogP contribution in [0.3, 0.4) is 0 Å². The van der Waals surface area contributed by atoms with E-state index in [1.165, 1.54) is 16.9 Å². The molecule has 0 aliphatic rings. The summed E-state index contributed by atoms with van der Waals surface area (Å²) in [6.07, 6.45) is 1.73. The number of nitrogen functional groups attached to an aromatic ring is 2. The summed E-state index contributed by atoms with van der Waals surface area (Å²) in [4.78, 5) is 18.0. The summed E-state index contributed by atoms with van der Waals surface area (Å²) >= 11 is 1.20. The Morgan fingerprint density at radius 1 is 1.29 bits per heavy atom. The lowest BCUT2D eigenvalue weighted by Crippen LogP contribution is -2.31. The van der Waals surface area contributed by atoms with Gasteiger partial charge in [-0.3, -0.25) is 4.79 Å². The molecule has 6 nitrogen and oxygen atoms in total. The van der Waals surface area contributed by atoms with E-state index in [1.807, 2.05) is 38.1 Å². The molecule has 0 spiro atoms. The lowest BCUT2D eigenvalue weighted by Gasteiger charge is -2.11. The van der Waals surface area contributed by atoms with Crippen LogP contribution in [0.1, 0.15) is 48.0 Å². The topological polar surface area (TPSA) is 118 Å². The summed E-state index contributed by atoms with van der Waals surface area (Å²) in [5, 5.41) is 13.2. The van der Waals surface area contributed by atoms with Gasteiger partial charge in [-0.1, -0.05) is 38.1 Å². The first kappa shape index (κ1) is 19.6. The van der Waals surface area contributed by atoms with Gasteiger partial charge in [-0.25, -0.2) is 4.98 Å². The molecular weight excluding hydrogens is 370 g/mol. The van der Waals surface area contributed by atoms with Crippen LogP contribution in [-0.4, -0.2) is 16.9 Å². The number of carbonyl (C=O) groups excluding carboxylic acids is 1. The second kappa shape index (κ2) is 7.87. The molecule has 2 heterocycles. The summed E-state index contributed by atoms with van der Waals surface area (Å²) in [7, 11) is 0. The van der Waals surface area contributed by atoms with Crippen molar-refractivity contribution in [2.24, 2.45) is 0 Å². The molecule has 1 aromatic carbocycles.